The van der Waals surface area contributed by atoms with Crippen molar-refractivity contribution in [3.8, 4) is 5.75 Å². The third kappa shape index (κ3) is 3.71. The molecule has 0 radical (unpaired) electrons. The van der Waals surface area contributed by atoms with Crippen LogP contribution in [0.4, 0.5) is 0 Å². The van der Waals surface area contributed by atoms with Crippen molar-refractivity contribution in [1.82, 2.24) is 5.32 Å². The van der Waals surface area contributed by atoms with Gasteiger partial charge in [0, 0.05) is 18.7 Å². The van der Waals surface area contributed by atoms with E-state index >= 15 is 0 Å². The zero-order valence-corrected chi connectivity index (χ0v) is 12.2. The molecule has 0 aliphatic carbocycles. The van der Waals surface area contributed by atoms with Crippen molar-refractivity contribution >= 4 is 10.8 Å². The molecule has 0 fully saturated rings. The Morgan fingerprint density at radius 2 is 2.00 bits per heavy atom. The molecule has 0 heterocycles. The molecule has 2 N–H and O–H groups in total. The van der Waals surface area contributed by atoms with Gasteiger partial charge in [0.1, 0.15) is 5.75 Å². The highest BCUT2D eigenvalue weighted by Gasteiger charge is 2.09. The van der Waals surface area contributed by atoms with Crippen molar-refractivity contribution in [2.24, 2.45) is 0 Å². The van der Waals surface area contributed by atoms with Crippen LogP contribution in [0.5, 0.6) is 5.75 Å². The minimum absolute atomic E-state index is 0.343. The number of rotatable bonds is 7. The Bertz CT molecular complexity index is 552. The molecule has 0 aromatic heterocycles. The number of hydrogen-bond donors (Lipinski definition) is 2. The van der Waals surface area contributed by atoms with Crippen molar-refractivity contribution in [1.29, 1.82) is 0 Å². The minimum atomic E-state index is -0.343. The predicted molar refractivity (Wildman–Crippen MR) is 83.1 cm³/mol. The van der Waals surface area contributed by atoms with Crippen LogP contribution in [-0.2, 0) is 6.54 Å². The number of fused-ring (bicyclic) bond motifs is 1. The molecule has 0 saturated heterocycles. The van der Waals surface area contributed by atoms with Crippen molar-refractivity contribution < 1.29 is 9.84 Å². The van der Waals surface area contributed by atoms with Crippen LogP contribution in [0, 0.1) is 0 Å². The molecule has 3 heteroatoms. The van der Waals surface area contributed by atoms with E-state index in [0.29, 0.717) is 13.1 Å². The summed E-state index contributed by atoms with van der Waals surface area (Å²) in [5, 5.41) is 15.1. The summed E-state index contributed by atoms with van der Waals surface area (Å²) in [7, 11) is 0. The summed E-state index contributed by atoms with van der Waals surface area (Å²) in [5.41, 5.74) is 1.16. The van der Waals surface area contributed by atoms with E-state index in [1.54, 1.807) is 6.92 Å². The largest absolute Gasteiger partial charge is 0.493 e. The maximum atomic E-state index is 9.36. The maximum absolute atomic E-state index is 9.36. The molecule has 0 saturated carbocycles. The zero-order chi connectivity index (χ0) is 14.4. The summed E-state index contributed by atoms with van der Waals surface area (Å²) >= 11 is 0. The first-order valence-electron chi connectivity index (χ1n) is 7.24. The number of ether oxygens (including phenoxy) is 1. The predicted octanol–water partition coefficient (Wildman–Crippen LogP) is 3.10. The van der Waals surface area contributed by atoms with Gasteiger partial charge in [0.15, 0.2) is 0 Å². The van der Waals surface area contributed by atoms with Gasteiger partial charge in [-0.25, -0.2) is 0 Å². The molecule has 0 bridgehead atoms. The summed E-state index contributed by atoms with van der Waals surface area (Å²) in [6.45, 7) is 5.89. The smallest absolute Gasteiger partial charge is 0.124 e. The van der Waals surface area contributed by atoms with Gasteiger partial charge in [0.25, 0.3) is 0 Å². The fourth-order valence-electron chi connectivity index (χ4n) is 2.25. The monoisotopic (exact) mass is 273 g/mol. The highest BCUT2D eigenvalue weighted by atomic mass is 16.5. The number of hydrogen-bond acceptors (Lipinski definition) is 3. The lowest BCUT2D eigenvalue weighted by atomic mass is 10.0. The quantitative estimate of drug-likeness (QED) is 0.814. The van der Waals surface area contributed by atoms with E-state index in [9.17, 15) is 5.11 Å². The molecule has 2 aromatic carbocycles. The van der Waals surface area contributed by atoms with Crippen molar-refractivity contribution in [3.05, 3.63) is 42.0 Å². The second kappa shape index (κ2) is 7.27. The summed E-state index contributed by atoms with van der Waals surface area (Å²) in [6, 6.07) is 12.5. The van der Waals surface area contributed by atoms with Crippen LogP contribution >= 0.6 is 0 Å². The Hall–Kier alpha value is -1.58. The summed E-state index contributed by atoms with van der Waals surface area (Å²) < 4.78 is 5.85. The Morgan fingerprint density at radius 3 is 2.75 bits per heavy atom. The Balaban J connectivity index is 2.29. The van der Waals surface area contributed by atoms with Gasteiger partial charge in [-0.2, -0.15) is 0 Å². The maximum Gasteiger partial charge on any atom is 0.124 e. The van der Waals surface area contributed by atoms with E-state index in [-0.39, 0.29) is 6.10 Å². The van der Waals surface area contributed by atoms with E-state index in [2.05, 4.69) is 30.4 Å². The lowest BCUT2D eigenvalue weighted by molar-refractivity contribution is 0.190. The van der Waals surface area contributed by atoms with E-state index in [0.717, 1.165) is 24.3 Å². The lowest BCUT2D eigenvalue weighted by Crippen LogP contribution is -2.24. The molecule has 3 nitrogen and oxygen atoms in total. The molecule has 2 rings (SSSR count). The fraction of sp³-hybridized carbons (Fsp3) is 0.412. The molecule has 2 aromatic rings. The van der Waals surface area contributed by atoms with E-state index in [1.165, 1.54) is 10.8 Å². The zero-order valence-electron chi connectivity index (χ0n) is 12.2. The lowest BCUT2D eigenvalue weighted by Gasteiger charge is -2.15. The van der Waals surface area contributed by atoms with Gasteiger partial charge < -0.3 is 15.2 Å². The molecular formula is C17H23NO2. The van der Waals surface area contributed by atoms with Crippen molar-refractivity contribution in [2.75, 3.05) is 13.2 Å². The number of nitrogens with one attached hydrogen (secondary N) is 1. The highest BCUT2D eigenvalue weighted by molar-refractivity contribution is 5.87. The van der Waals surface area contributed by atoms with E-state index in [4.69, 9.17) is 4.74 Å². The average molecular weight is 273 g/mol. The first-order chi connectivity index (χ1) is 9.72. The summed E-state index contributed by atoms with van der Waals surface area (Å²) in [6.07, 6.45) is 0.651. The summed E-state index contributed by atoms with van der Waals surface area (Å²) in [4.78, 5) is 0. The molecule has 0 aliphatic heterocycles. The Kier molecular flexibility index (Phi) is 5.39. The van der Waals surface area contributed by atoms with Gasteiger partial charge in [-0.3, -0.25) is 0 Å². The van der Waals surface area contributed by atoms with Crippen LogP contribution in [0.3, 0.4) is 0 Å². The molecule has 0 amide bonds. The van der Waals surface area contributed by atoms with Gasteiger partial charge in [-0.05, 0) is 30.2 Å². The standard InChI is InChI=1S/C17H23NO2/c1-3-10-20-17-9-8-14-6-4-5-7-15(14)16(17)12-18-11-13(2)19/h4-9,13,18-19H,3,10-12H2,1-2H3/t13-/m0/s1. The SMILES string of the molecule is CCCOc1ccc2ccccc2c1CNC[C@H](C)O. The van der Waals surface area contributed by atoms with Crippen LogP contribution < -0.4 is 10.1 Å². The van der Waals surface area contributed by atoms with Crippen molar-refractivity contribution in [3.63, 3.8) is 0 Å². The van der Waals surface area contributed by atoms with Gasteiger partial charge in [-0.1, -0.05) is 37.3 Å². The van der Waals surface area contributed by atoms with Gasteiger partial charge in [0.05, 0.1) is 12.7 Å². The molecule has 108 valence electrons. The van der Waals surface area contributed by atoms with Gasteiger partial charge >= 0.3 is 0 Å². The minimum Gasteiger partial charge on any atom is -0.493 e. The van der Waals surface area contributed by atoms with Crippen LogP contribution in [0.1, 0.15) is 25.8 Å². The molecular weight excluding hydrogens is 250 g/mol. The van der Waals surface area contributed by atoms with Crippen LogP contribution in [0.2, 0.25) is 0 Å². The molecule has 0 aliphatic rings. The van der Waals surface area contributed by atoms with Crippen molar-refractivity contribution in [2.45, 2.75) is 32.9 Å². The number of aliphatic hydroxyl groups excluding tert-OH is 1. The molecule has 20 heavy (non-hydrogen) atoms. The number of benzene rings is 2. The first kappa shape index (κ1) is 14.8. The summed E-state index contributed by atoms with van der Waals surface area (Å²) in [5.74, 6) is 0.934. The van der Waals surface area contributed by atoms with E-state index in [1.807, 2.05) is 18.2 Å². The third-order valence-electron chi connectivity index (χ3n) is 3.20. The molecule has 1 atom stereocenters. The molecule has 0 spiro atoms. The topological polar surface area (TPSA) is 41.5 Å². The van der Waals surface area contributed by atoms with Crippen LogP contribution in [0.25, 0.3) is 10.8 Å². The third-order valence-corrected chi connectivity index (χ3v) is 3.20. The van der Waals surface area contributed by atoms with E-state index < -0.39 is 0 Å². The fourth-order valence-corrected chi connectivity index (χ4v) is 2.25. The number of aliphatic hydroxyl groups is 1. The second-order valence-electron chi connectivity index (χ2n) is 5.09. The van der Waals surface area contributed by atoms with Crippen LogP contribution in [0.15, 0.2) is 36.4 Å². The average Bonchev–Trinajstić information content (AvgIpc) is 2.45. The Morgan fingerprint density at radius 1 is 1.20 bits per heavy atom. The second-order valence-corrected chi connectivity index (χ2v) is 5.09. The first-order valence-corrected chi connectivity index (χ1v) is 7.24. The van der Waals surface area contributed by atoms with Gasteiger partial charge in [0.2, 0.25) is 0 Å². The van der Waals surface area contributed by atoms with Crippen LogP contribution in [-0.4, -0.2) is 24.4 Å². The highest BCUT2D eigenvalue weighted by Crippen LogP contribution is 2.28. The van der Waals surface area contributed by atoms with Gasteiger partial charge in [-0.15, -0.1) is 0 Å². The molecule has 0 unspecified atom stereocenters. The normalized spacial score (nSPS) is 12.6. The Labute approximate surface area is 120 Å².